The van der Waals surface area contributed by atoms with Gasteiger partial charge in [-0.15, -0.1) is 0 Å². The third-order valence-electron chi connectivity index (χ3n) is 3.65. The lowest BCUT2D eigenvalue weighted by Gasteiger charge is -2.27. The molecule has 0 spiro atoms. The molecule has 0 aliphatic heterocycles. The summed E-state index contributed by atoms with van der Waals surface area (Å²) < 4.78 is 0. The van der Waals surface area contributed by atoms with Gasteiger partial charge in [0.1, 0.15) is 5.54 Å². The van der Waals surface area contributed by atoms with Crippen molar-refractivity contribution in [2.45, 2.75) is 39.3 Å². The third-order valence-corrected chi connectivity index (χ3v) is 3.65. The number of hydrogen-bond donors (Lipinski definition) is 2. The number of hydrogen-bond acceptors (Lipinski definition) is 3. The van der Waals surface area contributed by atoms with Crippen molar-refractivity contribution < 1.29 is 4.79 Å². The van der Waals surface area contributed by atoms with E-state index in [-0.39, 0.29) is 24.4 Å². The second-order valence-corrected chi connectivity index (χ2v) is 5.53. The number of rotatable bonds is 6. The second kappa shape index (κ2) is 7.06. The van der Waals surface area contributed by atoms with Gasteiger partial charge in [0.25, 0.3) is 0 Å². The van der Waals surface area contributed by atoms with Gasteiger partial charge in [0.2, 0.25) is 5.91 Å². The fraction of sp³-hybridized carbons (Fsp3) is 0.500. The molecule has 0 saturated heterocycles. The minimum Gasteiger partial charge on any atom is -0.337 e. The van der Waals surface area contributed by atoms with Crippen LogP contribution in [-0.4, -0.2) is 18.0 Å². The van der Waals surface area contributed by atoms with Crippen LogP contribution in [-0.2, 0) is 4.79 Å². The molecule has 1 aromatic rings. The first-order valence-corrected chi connectivity index (χ1v) is 6.89. The van der Waals surface area contributed by atoms with Crippen LogP contribution in [0.15, 0.2) is 30.3 Å². The summed E-state index contributed by atoms with van der Waals surface area (Å²) in [4.78, 5) is 11.9. The fourth-order valence-electron chi connectivity index (χ4n) is 1.74. The van der Waals surface area contributed by atoms with Crippen molar-refractivity contribution in [2.75, 3.05) is 6.54 Å². The lowest BCUT2D eigenvalue weighted by Crippen LogP contribution is -2.51. The van der Waals surface area contributed by atoms with Crippen molar-refractivity contribution >= 4 is 5.91 Å². The fourth-order valence-corrected chi connectivity index (χ4v) is 1.74. The Morgan fingerprint density at radius 1 is 1.30 bits per heavy atom. The minimum atomic E-state index is -0.825. The van der Waals surface area contributed by atoms with Crippen molar-refractivity contribution in [1.29, 1.82) is 5.26 Å². The Morgan fingerprint density at radius 2 is 1.90 bits per heavy atom. The molecule has 1 rings (SSSR count). The highest BCUT2D eigenvalue weighted by Gasteiger charge is 2.29. The van der Waals surface area contributed by atoms with Crippen LogP contribution in [0.1, 0.15) is 39.3 Å². The molecule has 0 bridgehead atoms. The van der Waals surface area contributed by atoms with E-state index in [1.165, 1.54) is 0 Å². The summed E-state index contributed by atoms with van der Waals surface area (Å²) in [6, 6.07) is 12.2. The van der Waals surface area contributed by atoms with E-state index in [0.717, 1.165) is 5.56 Å². The molecule has 0 aliphatic carbocycles. The van der Waals surface area contributed by atoms with Gasteiger partial charge in [-0.05, 0) is 25.3 Å². The highest BCUT2D eigenvalue weighted by atomic mass is 16.2. The summed E-state index contributed by atoms with van der Waals surface area (Å²) >= 11 is 0. The van der Waals surface area contributed by atoms with Crippen molar-refractivity contribution in [3.63, 3.8) is 0 Å². The zero-order valence-corrected chi connectivity index (χ0v) is 12.6. The molecule has 0 unspecified atom stereocenters. The molecular formula is C16H23N3O. The van der Waals surface area contributed by atoms with Crippen molar-refractivity contribution in [2.24, 2.45) is 5.92 Å². The van der Waals surface area contributed by atoms with E-state index < -0.39 is 5.54 Å². The van der Waals surface area contributed by atoms with Crippen LogP contribution in [0.4, 0.5) is 0 Å². The first-order valence-electron chi connectivity index (χ1n) is 6.89. The number of nitrogens with zero attached hydrogens (tertiary/aromatic N) is 1. The number of carbonyl (C=O) groups is 1. The molecule has 0 fully saturated rings. The van der Waals surface area contributed by atoms with Crippen molar-refractivity contribution in [1.82, 2.24) is 10.6 Å². The molecule has 4 heteroatoms. The van der Waals surface area contributed by atoms with Crippen LogP contribution in [0.3, 0.4) is 0 Å². The standard InChI is InChI=1S/C16H23N3O/c1-12(2)16(4,11-17)19-15(20)10-18-13(3)14-8-6-5-7-9-14/h5-9,12-13,18H,10H2,1-4H3,(H,19,20)/t13-,16+/m0/s1. The molecule has 0 aliphatic rings. The van der Waals surface area contributed by atoms with E-state index in [4.69, 9.17) is 0 Å². The first-order chi connectivity index (χ1) is 9.39. The number of amides is 1. The Bertz CT molecular complexity index is 478. The van der Waals surface area contributed by atoms with Crippen molar-refractivity contribution in [3.05, 3.63) is 35.9 Å². The average molecular weight is 273 g/mol. The van der Waals surface area contributed by atoms with Crippen LogP contribution in [0.2, 0.25) is 0 Å². The highest BCUT2D eigenvalue weighted by Crippen LogP contribution is 2.15. The third kappa shape index (κ3) is 4.36. The monoisotopic (exact) mass is 273 g/mol. The minimum absolute atomic E-state index is 0.0583. The van der Waals surface area contributed by atoms with Crippen LogP contribution >= 0.6 is 0 Å². The van der Waals surface area contributed by atoms with Gasteiger partial charge >= 0.3 is 0 Å². The Morgan fingerprint density at radius 3 is 2.40 bits per heavy atom. The maximum atomic E-state index is 11.9. The molecule has 2 atom stereocenters. The molecule has 0 saturated carbocycles. The van der Waals surface area contributed by atoms with Crippen LogP contribution in [0.25, 0.3) is 0 Å². The van der Waals surface area contributed by atoms with E-state index >= 15 is 0 Å². The zero-order chi connectivity index (χ0) is 15.2. The maximum Gasteiger partial charge on any atom is 0.235 e. The van der Waals surface area contributed by atoms with Gasteiger partial charge < -0.3 is 10.6 Å². The molecule has 0 radical (unpaired) electrons. The summed E-state index contributed by atoms with van der Waals surface area (Å²) in [6.45, 7) is 7.79. The van der Waals surface area contributed by atoms with Crippen molar-refractivity contribution in [3.8, 4) is 6.07 Å². The van der Waals surface area contributed by atoms with Crippen LogP contribution in [0, 0.1) is 17.2 Å². The van der Waals surface area contributed by atoms with Gasteiger partial charge in [0.15, 0.2) is 0 Å². The Balaban J connectivity index is 2.50. The largest absolute Gasteiger partial charge is 0.337 e. The molecule has 108 valence electrons. The van der Waals surface area contributed by atoms with Crippen LogP contribution in [0.5, 0.6) is 0 Å². The summed E-state index contributed by atoms with van der Waals surface area (Å²) in [7, 11) is 0. The Kier molecular flexibility index (Phi) is 5.72. The lowest BCUT2D eigenvalue weighted by atomic mass is 9.90. The zero-order valence-electron chi connectivity index (χ0n) is 12.6. The van der Waals surface area contributed by atoms with E-state index in [0.29, 0.717) is 0 Å². The number of nitriles is 1. The molecule has 2 N–H and O–H groups in total. The van der Waals surface area contributed by atoms with Gasteiger partial charge in [-0.1, -0.05) is 44.2 Å². The summed E-state index contributed by atoms with van der Waals surface area (Å²) in [6.07, 6.45) is 0. The molecule has 20 heavy (non-hydrogen) atoms. The number of nitrogens with one attached hydrogen (secondary N) is 2. The number of benzene rings is 1. The lowest BCUT2D eigenvalue weighted by molar-refractivity contribution is -0.122. The van der Waals surface area contributed by atoms with E-state index in [9.17, 15) is 10.1 Å². The predicted molar refractivity (Wildman–Crippen MR) is 79.9 cm³/mol. The van der Waals surface area contributed by atoms with Gasteiger partial charge in [-0.3, -0.25) is 4.79 Å². The predicted octanol–water partition coefficient (Wildman–Crippen LogP) is 2.39. The Hall–Kier alpha value is -1.86. The quantitative estimate of drug-likeness (QED) is 0.836. The second-order valence-electron chi connectivity index (χ2n) is 5.53. The molecule has 1 aromatic carbocycles. The Labute approximate surface area is 121 Å². The van der Waals surface area contributed by atoms with Gasteiger partial charge in [-0.25, -0.2) is 0 Å². The highest BCUT2D eigenvalue weighted by molar-refractivity contribution is 5.79. The smallest absolute Gasteiger partial charge is 0.235 e. The molecule has 0 heterocycles. The summed E-state index contributed by atoms with van der Waals surface area (Å²) in [5.41, 5.74) is 0.307. The SMILES string of the molecule is CC(C)[C@@](C)(C#N)NC(=O)CN[C@@H](C)c1ccccc1. The molecule has 0 aromatic heterocycles. The van der Waals surface area contributed by atoms with E-state index in [1.54, 1.807) is 6.92 Å². The maximum absolute atomic E-state index is 11.9. The number of carbonyl (C=O) groups excluding carboxylic acids is 1. The van der Waals surface area contributed by atoms with Gasteiger partial charge in [0, 0.05) is 6.04 Å². The molecular weight excluding hydrogens is 250 g/mol. The van der Waals surface area contributed by atoms with E-state index in [1.807, 2.05) is 51.1 Å². The van der Waals surface area contributed by atoms with Gasteiger partial charge in [0.05, 0.1) is 12.6 Å². The summed E-state index contributed by atoms with van der Waals surface area (Å²) in [5.74, 6) is -0.103. The summed E-state index contributed by atoms with van der Waals surface area (Å²) in [5, 5.41) is 15.1. The topological polar surface area (TPSA) is 64.9 Å². The van der Waals surface area contributed by atoms with Gasteiger partial charge in [-0.2, -0.15) is 5.26 Å². The van der Waals surface area contributed by atoms with E-state index in [2.05, 4.69) is 16.7 Å². The molecule has 4 nitrogen and oxygen atoms in total. The average Bonchev–Trinajstić information content (AvgIpc) is 2.45. The first kappa shape index (κ1) is 16.2. The van der Waals surface area contributed by atoms with Crippen LogP contribution < -0.4 is 10.6 Å². The molecule has 1 amide bonds. The normalized spacial score (nSPS) is 15.2.